The summed E-state index contributed by atoms with van der Waals surface area (Å²) < 4.78 is 9.92. The number of rotatable bonds is 8. The molecule has 2 aliphatic carbocycles. The van der Waals surface area contributed by atoms with Gasteiger partial charge in [0.05, 0.1) is 55.5 Å². The van der Waals surface area contributed by atoms with E-state index in [0.717, 1.165) is 0 Å². The molecule has 0 radical (unpaired) electrons. The molecular weight excluding hydrogens is 1380 g/mol. The molecule has 22 aromatic rings. The summed E-state index contributed by atoms with van der Waals surface area (Å²) in [5, 5.41) is 15.1. The lowest BCUT2D eigenvalue weighted by atomic mass is 9.81. The third kappa shape index (κ3) is 9.77. The SMILES string of the molecule is CC1(C)c2ccccc2-c2c1ccc1c3cc(-c4ccc5c(c4)c4ccccc4n5-c4cccc5ccccc45)ccc3n(-c3ccc(-c4ccccc4)cc3)c21.CC1(C)c2ccccc2-c2ccc3c4cc(-c5ccc6c(c5)c5ccccc5n6-c5cccc6ccccc56)ccc4n(-c4ccc(-c5ccccc5)cc4)c3c21. The fourth-order valence-corrected chi connectivity index (χ4v) is 20.0. The minimum Gasteiger partial charge on any atom is -0.309 e. The van der Waals surface area contributed by atoms with Crippen LogP contribution in [0.5, 0.6) is 0 Å². The van der Waals surface area contributed by atoms with Crippen molar-refractivity contribution >= 4 is 109 Å². The van der Waals surface area contributed by atoms with Gasteiger partial charge in [-0.2, -0.15) is 0 Å². The predicted molar refractivity (Wildman–Crippen MR) is 482 cm³/mol. The molecule has 24 rings (SSSR count). The summed E-state index contributed by atoms with van der Waals surface area (Å²) in [4.78, 5) is 0. The van der Waals surface area contributed by atoms with Crippen molar-refractivity contribution in [2.45, 2.75) is 38.5 Å². The normalized spacial score (nSPS) is 13.2. The Morgan fingerprint density at radius 2 is 0.544 bits per heavy atom. The summed E-state index contributed by atoms with van der Waals surface area (Å²) in [6.45, 7) is 9.53. The molecule has 0 saturated carbocycles. The molecule has 4 nitrogen and oxygen atoms in total. The van der Waals surface area contributed by atoms with E-state index in [1.54, 1.807) is 0 Å². The molecule has 2 aliphatic rings. The van der Waals surface area contributed by atoms with Crippen molar-refractivity contribution in [3.05, 3.63) is 411 Å². The van der Waals surface area contributed by atoms with Crippen molar-refractivity contribution in [1.82, 2.24) is 18.3 Å². The van der Waals surface area contributed by atoms with E-state index >= 15 is 0 Å². The first-order valence-electron chi connectivity index (χ1n) is 39.9. The van der Waals surface area contributed by atoms with E-state index in [4.69, 9.17) is 0 Å². The van der Waals surface area contributed by atoms with Gasteiger partial charge >= 0.3 is 0 Å². The van der Waals surface area contributed by atoms with Crippen molar-refractivity contribution in [3.63, 3.8) is 0 Å². The zero-order valence-corrected chi connectivity index (χ0v) is 63.7. The van der Waals surface area contributed by atoms with E-state index in [1.807, 2.05) is 0 Å². The first-order valence-corrected chi connectivity index (χ1v) is 39.9. The van der Waals surface area contributed by atoms with Crippen LogP contribution in [0.25, 0.3) is 198 Å². The van der Waals surface area contributed by atoms with Gasteiger partial charge in [0.1, 0.15) is 0 Å². The lowest BCUT2D eigenvalue weighted by Gasteiger charge is -2.23. The maximum absolute atomic E-state index is 2.52. The maximum atomic E-state index is 2.52. The Morgan fingerprint density at radius 3 is 1.04 bits per heavy atom. The third-order valence-corrected chi connectivity index (χ3v) is 25.4. The monoisotopic (exact) mass is 1450 g/mol. The Hall–Kier alpha value is -14.3. The number of para-hydroxylation sites is 2. The maximum Gasteiger partial charge on any atom is 0.0622 e. The third-order valence-electron chi connectivity index (χ3n) is 25.4. The molecular formula is C110H76N4. The molecule has 0 aliphatic heterocycles. The second kappa shape index (κ2) is 25.1. The molecule has 4 heterocycles. The van der Waals surface area contributed by atoms with Gasteiger partial charge in [-0.15, -0.1) is 0 Å². The van der Waals surface area contributed by atoms with E-state index < -0.39 is 0 Å². The van der Waals surface area contributed by atoms with Crippen molar-refractivity contribution in [2.75, 3.05) is 0 Å². The molecule has 0 spiro atoms. The second-order valence-corrected chi connectivity index (χ2v) is 32.2. The quantitative estimate of drug-likeness (QED) is 0.144. The highest BCUT2D eigenvalue weighted by Crippen LogP contribution is 2.56. The Kier molecular flexibility index (Phi) is 14.4. The minimum absolute atomic E-state index is 0.0929. The molecule has 536 valence electrons. The van der Waals surface area contributed by atoms with Gasteiger partial charge in [0.2, 0.25) is 0 Å². The van der Waals surface area contributed by atoms with Gasteiger partial charge in [-0.3, -0.25) is 0 Å². The van der Waals surface area contributed by atoms with Crippen LogP contribution in [0.3, 0.4) is 0 Å². The van der Waals surface area contributed by atoms with Crippen LogP contribution in [0.1, 0.15) is 49.9 Å². The zero-order valence-electron chi connectivity index (χ0n) is 63.7. The Bertz CT molecular complexity index is 7740. The lowest BCUT2D eigenvalue weighted by molar-refractivity contribution is 0.661. The van der Waals surface area contributed by atoms with Crippen LogP contribution in [0.15, 0.2) is 388 Å². The minimum atomic E-state index is -0.159. The number of fused-ring (bicyclic) bond motifs is 22. The van der Waals surface area contributed by atoms with E-state index in [9.17, 15) is 0 Å². The highest BCUT2D eigenvalue weighted by molar-refractivity contribution is 6.19. The highest BCUT2D eigenvalue weighted by atomic mass is 15.0. The molecule has 114 heavy (non-hydrogen) atoms. The fraction of sp³-hybridized carbons (Fsp3) is 0.0545. The van der Waals surface area contributed by atoms with Crippen LogP contribution < -0.4 is 0 Å². The number of nitrogens with zero attached hydrogens (tertiary/aromatic N) is 4. The van der Waals surface area contributed by atoms with E-state index in [2.05, 4.69) is 434 Å². The van der Waals surface area contributed by atoms with Crippen LogP contribution in [0.2, 0.25) is 0 Å². The van der Waals surface area contributed by atoms with Gasteiger partial charge in [0.25, 0.3) is 0 Å². The van der Waals surface area contributed by atoms with E-state index in [0.29, 0.717) is 0 Å². The Labute approximate surface area is 661 Å². The molecule has 0 fully saturated rings. The van der Waals surface area contributed by atoms with Crippen molar-refractivity contribution < 1.29 is 0 Å². The standard InChI is InChI=1S/2C55H38N2/c1-55(2)47-20-10-8-19-44(47)53-48(55)30-29-43-46-34-39(25-31-51(46)56(54(43)53)40-27-23-36(24-28-40)35-13-4-3-5-14-35)38-26-32-52-45(33-38)42-18-9-11-21-50(42)57(52)49-22-12-16-37-15-6-7-17-41(37)49;1-55(2)48-20-10-8-18-42(48)44-29-30-45-47-34-39(25-31-51(47)56(54(45)53(44)55)40-27-23-36(24-28-40)35-13-4-3-5-14-35)38-26-32-52-46(33-38)43-19-9-11-21-50(43)57(52)49-22-12-16-37-15-6-7-17-41(37)49/h2*3-34H,1-2H3. The van der Waals surface area contributed by atoms with Crippen LogP contribution in [-0.4, -0.2) is 18.3 Å². The van der Waals surface area contributed by atoms with E-state index in [1.165, 1.54) is 221 Å². The number of hydrogen-bond donors (Lipinski definition) is 0. The molecule has 0 N–H and O–H groups in total. The summed E-state index contributed by atoms with van der Waals surface area (Å²) in [7, 11) is 0. The van der Waals surface area contributed by atoms with Gasteiger partial charge in [-0.25, -0.2) is 0 Å². The Morgan fingerprint density at radius 1 is 0.193 bits per heavy atom. The smallest absolute Gasteiger partial charge is 0.0622 e. The molecule has 0 atom stereocenters. The van der Waals surface area contributed by atoms with Gasteiger partial charge < -0.3 is 18.3 Å². The molecule has 18 aromatic carbocycles. The van der Waals surface area contributed by atoms with Gasteiger partial charge in [-0.05, 0) is 191 Å². The zero-order chi connectivity index (χ0) is 75.7. The second-order valence-electron chi connectivity index (χ2n) is 32.2. The summed E-state index contributed by atoms with van der Waals surface area (Å²) in [5.74, 6) is 0. The number of benzene rings is 18. The van der Waals surface area contributed by atoms with Gasteiger partial charge in [-0.1, -0.05) is 319 Å². The Balaban J connectivity index is 0.000000135. The van der Waals surface area contributed by atoms with Crippen molar-refractivity contribution in [1.29, 1.82) is 0 Å². The van der Waals surface area contributed by atoms with Crippen LogP contribution in [-0.2, 0) is 10.8 Å². The molecule has 0 bridgehead atoms. The molecule has 0 amide bonds. The van der Waals surface area contributed by atoms with Crippen LogP contribution >= 0.6 is 0 Å². The fourth-order valence-electron chi connectivity index (χ4n) is 20.0. The molecule has 4 aromatic heterocycles. The molecule has 4 heteroatoms. The highest BCUT2D eigenvalue weighted by Gasteiger charge is 2.40. The van der Waals surface area contributed by atoms with Gasteiger partial charge in [0, 0.05) is 81.6 Å². The van der Waals surface area contributed by atoms with Crippen LogP contribution in [0, 0.1) is 0 Å². The average molecular weight is 1450 g/mol. The average Bonchev–Trinajstić information content (AvgIpc) is 1.54. The summed E-state index contributed by atoms with van der Waals surface area (Å²) >= 11 is 0. The largest absolute Gasteiger partial charge is 0.309 e. The van der Waals surface area contributed by atoms with Gasteiger partial charge in [0.15, 0.2) is 0 Å². The lowest BCUT2D eigenvalue weighted by Crippen LogP contribution is -2.16. The number of hydrogen-bond acceptors (Lipinski definition) is 0. The molecule has 0 unspecified atom stereocenters. The van der Waals surface area contributed by atoms with Crippen LogP contribution in [0.4, 0.5) is 0 Å². The predicted octanol–water partition coefficient (Wildman–Crippen LogP) is 29.3. The molecule has 0 saturated heterocycles. The van der Waals surface area contributed by atoms with E-state index in [-0.39, 0.29) is 10.8 Å². The summed E-state index contributed by atoms with van der Waals surface area (Å²) in [5.41, 5.74) is 35.0. The summed E-state index contributed by atoms with van der Waals surface area (Å²) in [6.07, 6.45) is 0. The number of aromatic nitrogens is 4. The summed E-state index contributed by atoms with van der Waals surface area (Å²) in [6, 6.07) is 144. The first-order chi connectivity index (χ1) is 56.1. The van der Waals surface area contributed by atoms with Crippen molar-refractivity contribution in [3.8, 4) is 89.5 Å². The van der Waals surface area contributed by atoms with Crippen molar-refractivity contribution in [2.24, 2.45) is 0 Å². The topological polar surface area (TPSA) is 19.7 Å². The first kappa shape index (κ1) is 65.6.